The van der Waals surface area contributed by atoms with Gasteiger partial charge in [0.15, 0.2) is 0 Å². The molecule has 2 heterocycles. The molecule has 0 spiro atoms. The molecule has 1 fully saturated rings. The molecule has 1 saturated carbocycles. The van der Waals surface area contributed by atoms with Crippen LogP contribution in [0.15, 0.2) is 53.1 Å². The Bertz CT molecular complexity index is 1030. The van der Waals surface area contributed by atoms with E-state index in [4.69, 9.17) is 4.52 Å². The van der Waals surface area contributed by atoms with Gasteiger partial charge in [0.1, 0.15) is 5.52 Å². The first-order valence-corrected chi connectivity index (χ1v) is 9.13. The van der Waals surface area contributed by atoms with E-state index in [0.29, 0.717) is 17.8 Å². The summed E-state index contributed by atoms with van der Waals surface area (Å²) in [5, 5.41) is 12.9. The molecule has 1 aliphatic rings. The Morgan fingerprint density at radius 1 is 0.923 bits per heavy atom. The van der Waals surface area contributed by atoms with Crippen LogP contribution < -0.4 is 0 Å². The lowest BCUT2D eigenvalue weighted by atomic mass is 9.95. The lowest BCUT2D eigenvalue weighted by Gasteiger charge is -2.21. The normalized spacial score (nSPS) is 15.5. The van der Waals surface area contributed by atoms with Crippen LogP contribution in [0.3, 0.4) is 0 Å². The van der Waals surface area contributed by atoms with Crippen molar-refractivity contribution in [3.63, 3.8) is 0 Å². The number of hydrogen-bond donors (Lipinski definition) is 0. The van der Waals surface area contributed by atoms with E-state index in [0.717, 1.165) is 22.2 Å². The number of nitrogens with zero attached hydrogens (tertiary/aromatic N) is 5. The number of aromatic nitrogens is 5. The minimum absolute atomic E-state index is 0.465. The van der Waals surface area contributed by atoms with Crippen molar-refractivity contribution in [2.24, 2.45) is 0 Å². The Morgan fingerprint density at radius 2 is 1.77 bits per heavy atom. The summed E-state index contributed by atoms with van der Waals surface area (Å²) >= 11 is 0. The SMILES string of the molecule is c1ccc(-c2noc(-c3ccc4c(c3)nnn4C3CCCCC3)n2)cc1. The van der Waals surface area contributed by atoms with Gasteiger partial charge >= 0.3 is 0 Å². The molecule has 0 radical (unpaired) electrons. The predicted octanol–water partition coefficient (Wildman–Crippen LogP) is 4.65. The number of rotatable bonds is 3. The average molecular weight is 345 g/mol. The van der Waals surface area contributed by atoms with Gasteiger partial charge in [-0.3, -0.25) is 0 Å². The van der Waals surface area contributed by atoms with E-state index in [1.54, 1.807) is 0 Å². The fraction of sp³-hybridized carbons (Fsp3) is 0.300. The summed E-state index contributed by atoms with van der Waals surface area (Å²) in [5.74, 6) is 1.09. The lowest BCUT2D eigenvalue weighted by molar-refractivity contribution is 0.331. The molecule has 0 N–H and O–H groups in total. The van der Waals surface area contributed by atoms with E-state index in [-0.39, 0.29) is 0 Å². The summed E-state index contributed by atoms with van der Waals surface area (Å²) in [6, 6.07) is 16.3. The minimum atomic E-state index is 0.465. The summed E-state index contributed by atoms with van der Waals surface area (Å²) in [7, 11) is 0. The van der Waals surface area contributed by atoms with Gasteiger partial charge in [-0.15, -0.1) is 5.10 Å². The van der Waals surface area contributed by atoms with Gasteiger partial charge < -0.3 is 4.52 Å². The Hall–Kier alpha value is -3.02. The van der Waals surface area contributed by atoms with E-state index in [9.17, 15) is 0 Å². The van der Waals surface area contributed by atoms with Crippen LogP contribution in [-0.2, 0) is 0 Å². The molecule has 6 nitrogen and oxygen atoms in total. The quantitative estimate of drug-likeness (QED) is 0.540. The van der Waals surface area contributed by atoms with Crippen LogP contribution in [0.2, 0.25) is 0 Å². The van der Waals surface area contributed by atoms with Gasteiger partial charge in [0.25, 0.3) is 5.89 Å². The molecule has 26 heavy (non-hydrogen) atoms. The molecule has 0 unspecified atom stereocenters. The number of fused-ring (bicyclic) bond motifs is 1. The van der Waals surface area contributed by atoms with Crippen LogP contribution in [0.5, 0.6) is 0 Å². The van der Waals surface area contributed by atoms with Crippen LogP contribution in [-0.4, -0.2) is 25.1 Å². The fourth-order valence-electron chi connectivity index (χ4n) is 3.72. The second-order valence-electron chi connectivity index (χ2n) is 6.82. The summed E-state index contributed by atoms with van der Waals surface area (Å²) in [5.41, 5.74) is 3.74. The highest BCUT2D eigenvalue weighted by Gasteiger charge is 2.19. The highest BCUT2D eigenvalue weighted by Crippen LogP contribution is 2.31. The third-order valence-electron chi connectivity index (χ3n) is 5.10. The number of hydrogen-bond acceptors (Lipinski definition) is 5. The molecule has 4 aromatic rings. The maximum absolute atomic E-state index is 5.46. The maximum Gasteiger partial charge on any atom is 0.258 e. The third kappa shape index (κ3) is 2.67. The van der Waals surface area contributed by atoms with E-state index < -0.39 is 0 Å². The zero-order chi connectivity index (χ0) is 17.3. The minimum Gasteiger partial charge on any atom is -0.334 e. The average Bonchev–Trinajstić information content (AvgIpc) is 3.36. The van der Waals surface area contributed by atoms with Gasteiger partial charge in [-0.05, 0) is 31.0 Å². The monoisotopic (exact) mass is 345 g/mol. The van der Waals surface area contributed by atoms with E-state index in [2.05, 4.69) is 31.2 Å². The molecular weight excluding hydrogens is 326 g/mol. The Labute approximate surface area is 150 Å². The van der Waals surface area contributed by atoms with E-state index in [1.807, 2.05) is 42.5 Å². The summed E-state index contributed by atoms with van der Waals surface area (Å²) in [6.45, 7) is 0. The summed E-state index contributed by atoms with van der Waals surface area (Å²) < 4.78 is 7.55. The van der Waals surface area contributed by atoms with E-state index in [1.165, 1.54) is 32.1 Å². The highest BCUT2D eigenvalue weighted by atomic mass is 16.5. The molecule has 130 valence electrons. The van der Waals surface area contributed by atoms with Gasteiger partial charge in [0.2, 0.25) is 5.82 Å². The highest BCUT2D eigenvalue weighted by molar-refractivity contribution is 5.80. The van der Waals surface area contributed by atoms with Crippen LogP contribution in [0, 0.1) is 0 Å². The van der Waals surface area contributed by atoms with Crippen molar-refractivity contribution in [3.8, 4) is 22.8 Å². The second kappa shape index (κ2) is 6.37. The molecule has 0 amide bonds. The second-order valence-corrected chi connectivity index (χ2v) is 6.82. The van der Waals surface area contributed by atoms with Crippen LogP contribution in [0.4, 0.5) is 0 Å². The molecule has 0 aliphatic heterocycles. The van der Waals surface area contributed by atoms with Crippen molar-refractivity contribution in [2.45, 2.75) is 38.1 Å². The molecule has 5 rings (SSSR count). The zero-order valence-electron chi connectivity index (χ0n) is 14.4. The van der Waals surface area contributed by atoms with Crippen molar-refractivity contribution in [1.29, 1.82) is 0 Å². The van der Waals surface area contributed by atoms with Crippen molar-refractivity contribution >= 4 is 11.0 Å². The first kappa shape index (κ1) is 15.3. The Balaban J connectivity index is 1.48. The first-order chi connectivity index (χ1) is 12.9. The summed E-state index contributed by atoms with van der Waals surface area (Å²) in [4.78, 5) is 4.52. The molecule has 2 aromatic carbocycles. The topological polar surface area (TPSA) is 69.6 Å². The molecule has 0 atom stereocenters. The van der Waals surface area contributed by atoms with Gasteiger partial charge in [-0.2, -0.15) is 4.98 Å². The third-order valence-corrected chi connectivity index (χ3v) is 5.10. The summed E-state index contributed by atoms with van der Waals surface area (Å²) in [6.07, 6.45) is 6.24. The van der Waals surface area contributed by atoms with Crippen molar-refractivity contribution in [1.82, 2.24) is 25.1 Å². The van der Waals surface area contributed by atoms with Crippen LogP contribution >= 0.6 is 0 Å². The molecule has 0 bridgehead atoms. The largest absolute Gasteiger partial charge is 0.334 e. The van der Waals surface area contributed by atoms with Crippen molar-refractivity contribution < 1.29 is 4.52 Å². The maximum atomic E-state index is 5.46. The molecule has 1 aliphatic carbocycles. The fourth-order valence-corrected chi connectivity index (χ4v) is 3.72. The van der Waals surface area contributed by atoms with Crippen molar-refractivity contribution in [2.75, 3.05) is 0 Å². The van der Waals surface area contributed by atoms with Gasteiger partial charge in [0, 0.05) is 11.1 Å². The molecular formula is C20H19N5O. The Morgan fingerprint density at radius 3 is 2.62 bits per heavy atom. The Kier molecular flexibility index (Phi) is 3.74. The van der Waals surface area contributed by atoms with Gasteiger partial charge in [-0.25, -0.2) is 4.68 Å². The molecule has 0 saturated heterocycles. The predicted molar refractivity (Wildman–Crippen MR) is 98.4 cm³/mol. The van der Waals surface area contributed by atoms with Crippen LogP contribution in [0.25, 0.3) is 33.9 Å². The van der Waals surface area contributed by atoms with Gasteiger partial charge in [-0.1, -0.05) is 60.0 Å². The van der Waals surface area contributed by atoms with Gasteiger partial charge in [0.05, 0.1) is 11.6 Å². The van der Waals surface area contributed by atoms with Crippen molar-refractivity contribution in [3.05, 3.63) is 48.5 Å². The molecule has 2 aromatic heterocycles. The first-order valence-electron chi connectivity index (χ1n) is 9.13. The molecule has 6 heteroatoms. The zero-order valence-corrected chi connectivity index (χ0v) is 14.4. The van der Waals surface area contributed by atoms with Crippen LogP contribution in [0.1, 0.15) is 38.1 Å². The lowest BCUT2D eigenvalue weighted by Crippen LogP contribution is -2.14. The number of benzene rings is 2. The smallest absolute Gasteiger partial charge is 0.258 e. The standard InChI is InChI=1S/C20H19N5O/c1-3-7-14(8-4-1)19-21-20(26-23-19)15-11-12-18-17(13-15)22-24-25(18)16-9-5-2-6-10-16/h1,3-4,7-8,11-13,16H,2,5-6,9-10H2. The van der Waals surface area contributed by atoms with E-state index >= 15 is 0 Å².